The van der Waals surface area contributed by atoms with Gasteiger partial charge in [0.15, 0.2) is 5.69 Å². The lowest BCUT2D eigenvalue weighted by Crippen LogP contribution is -2.17. The molecule has 0 unspecified atom stereocenters. The van der Waals surface area contributed by atoms with Crippen LogP contribution in [0, 0.1) is 0 Å². The summed E-state index contributed by atoms with van der Waals surface area (Å²) in [6, 6.07) is 9.52. The number of H-pyrrole nitrogens is 1. The summed E-state index contributed by atoms with van der Waals surface area (Å²) in [5.41, 5.74) is -0.158. The molecule has 0 saturated heterocycles. The number of thiophene rings is 1. The van der Waals surface area contributed by atoms with E-state index in [2.05, 4.69) is 15.3 Å². The second-order valence-corrected chi connectivity index (χ2v) is 6.36. The van der Waals surface area contributed by atoms with Crippen molar-refractivity contribution in [1.82, 2.24) is 9.97 Å². The number of nitrogens with one attached hydrogen (secondary N) is 2. The molecule has 3 aromatic rings. The predicted molar refractivity (Wildman–Crippen MR) is 102 cm³/mol. The topological polar surface area (TPSA) is 142 Å². The molecule has 2 aromatic heterocycles. The number of amides is 1. The number of aromatic carboxylic acids is 1. The lowest BCUT2D eigenvalue weighted by Gasteiger charge is -2.08. The lowest BCUT2D eigenvalue weighted by atomic mass is 10.2. The van der Waals surface area contributed by atoms with Gasteiger partial charge in [-0.2, -0.15) is 0 Å². The van der Waals surface area contributed by atoms with Gasteiger partial charge in [-0.15, -0.1) is 11.3 Å². The van der Waals surface area contributed by atoms with Crippen molar-refractivity contribution < 1.29 is 24.5 Å². The molecule has 0 bridgehead atoms. The Labute approximate surface area is 162 Å². The van der Waals surface area contributed by atoms with Crippen molar-refractivity contribution in [1.29, 1.82) is 0 Å². The monoisotopic (exact) mass is 401 g/mol. The Morgan fingerprint density at radius 3 is 2.68 bits per heavy atom. The molecule has 144 valence electrons. The first-order chi connectivity index (χ1) is 13.5. The summed E-state index contributed by atoms with van der Waals surface area (Å²) in [6.45, 7) is 0.173. The number of aromatic nitrogens is 2. The van der Waals surface area contributed by atoms with Crippen LogP contribution in [0.5, 0.6) is 5.75 Å². The molecule has 0 aliphatic carbocycles. The van der Waals surface area contributed by atoms with Crippen LogP contribution < -0.4 is 10.9 Å². The number of aromatic amines is 1. The van der Waals surface area contributed by atoms with E-state index >= 15 is 0 Å². The second kappa shape index (κ2) is 8.35. The molecule has 4 N–H and O–H groups in total. The lowest BCUT2D eigenvalue weighted by molar-refractivity contribution is 0.0686. The SMILES string of the molecule is O=C(Nc1cscc1-c1nc(C(=O)O)c(O)c(=O)[nH]1)OCCc1ccccc1. The van der Waals surface area contributed by atoms with Crippen LogP contribution in [0.2, 0.25) is 0 Å². The van der Waals surface area contributed by atoms with Crippen molar-refractivity contribution in [2.45, 2.75) is 6.42 Å². The summed E-state index contributed by atoms with van der Waals surface area (Å²) in [4.78, 5) is 40.9. The van der Waals surface area contributed by atoms with Gasteiger partial charge in [-0.25, -0.2) is 14.6 Å². The van der Waals surface area contributed by atoms with Crippen LogP contribution in [-0.2, 0) is 11.2 Å². The fraction of sp³-hybridized carbons (Fsp3) is 0.111. The van der Waals surface area contributed by atoms with E-state index < -0.39 is 29.1 Å². The number of hydrogen-bond donors (Lipinski definition) is 4. The quantitative estimate of drug-likeness (QED) is 0.497. The third-order valence-corrected chi connectivity index (χ3v) is 4.46. The number of nitrogens with zero attached hydrogens (tertiary/aromatic N) is 1. The molecule has 1 amide bonds. The Morgan fingerprint density at radius 1 is 1.21 bits per heavy atom. The fourth-order valence-electron chi connectivity index (χ4n) is 2.37. The minimum atomic E-state index is -1.55. The third kappa shape index (κ3) is 4.35. The summed E-state index contributed by atoms with van der Waals surface area (Å²) >= 11 is 1.21. The van der Waals surface area contributed by atoms with E-state index in [-0.39, 0.29) is 12.4 Å². The van der Waals surface area contributed by atoms with Crippen LogP contribution in [0.15, 0.2) is 45.9 Å². The summed E-state index contributed by atoms with van der Waals surface area (Å²) in [6.07, 6.45) is -0.144. The first kappa shape index (κ1) is 19.1. The molecule has 0 radical (unpaired) electrons. The number of hydrogen-bond acceptors (Lipinski definition) is 7. The third-order valence-electron chi connectivity index (χ3n) is 3.72. The average molecular weight is 401 g/mol. The van der Waals surface area contributed by atoms with E-state index in [9.17, 15) is 19.5 Å². The van der Waals surface area contributed by atoms with Gasteiger partial charge in [0.05, 0.1) is 17.9 Å². The number of benzene rings is 1. The second-order valence-electron chi connectivity index (χ2n) is 5.61. The largest absolute Gasteiger partial charge is 0.501 e. The molecule has 1 aromatic carbocycles. The molecule has 3 rings (SSSR count). The van der Waals surface area contributed by atoms with Gasteiger partial charge in [0.2, 0.25) is 5.75 Å². The molecular formula is C18H15N3O6S. The molecule has 0 spiro atoms. The molecular weight excluding hydrogens is 386 g/mol. The smallest absolute Gasteiger partial charge is 0.411 e. The highest BCUT2D eigenvalue weighted by molar-refractivity contribution is 7.08. The standard InChI is InChI=1S/C18H15N3O6S/c22-14-13(17(24)25)20-15(21-16(14)23)11-8-28-9-12(11)19-18(26)27-7-6-10-4-2-1-3-5-10/h1-5,8-9,22H,6-7H2,(H,19,26)(H,24,25)(H,20,21,23). The van der Waals surface area contributed by atoms with Crippen LogP contribution in [0.25, 0.3) is 11.4 Å². The number of carboxylic acids is 1. The maximum Gasteiger partial charge on any atom is 0.411 e. The number of carbonyl (C=O) groups excluding carboxylic acids is 1. The van der Waals surface area contributed by atoms with Crippen molar-refractivity contribution >= 4 is 29.1 Å². The van der Waals surface area contributed by atoms with Crippen LogP contribution in [0.1, 0.15) is 16.1 Å². The molecule has 0 atom stereocenters. The van der Waals surface area contributed by atoms with E-state index in [0.717, 1.165) is 5.56 Å². The first-order valence-corrected chi connectivity index (χ1v) is 9.01. The Kier molecular flexibility index (Phi) is 5.70. The van der Waals surface area contributed by atoms with Gasteiger partial charge in [-0.05, 0) is 5.56 Å². The van der Waals surface area contributed by atoms with Crippen LogP contribution >= 0.6 is 11.3 Å². The zero-order valence-electron chi connectivity index (χ0n) is 14.3. The van der Waals surface area contributed by atoms with Crippen LogP contribution in [0.4, 0.5) is 10.5 Å². The van der Waals surface area contributed by atoms with Gasteiger partial charge < -0.3 is 19.9 Å². The van der Waals surface area contributed by atoms with Crippen molar-refractivity contribution in [2.75, 3.05) is 11.9 Å². The molecule has 0 aliphatic rings. The van der Waals surface area contributed by atoms with Crippen molar-refractivity contribution in [3.05, 3.63) is 62.7 Å². The zero-order chi connectivity index (χ0) is 20.1. The van der Waals surface area contributed by atoms with Crippen LogP contribution in [0.3, 0.4) is 0 Å². The maximum atomic E-state index is 12.0. The number of carbonyl (C=O) groups is 2. The molecule has 2 heterocycles. The minimum absolute atomic E-state index is 0.0963. The van der Waals surface area contributed by atoms with Crippen molar-refractivity contribution in [3.63, 3.8) is 0 Å². The molecule has 0 fully saturated rings. The molecule has 9 nitrogen and oxygen atoms in total. The summed E-state index contributed by atoms with van der Waals surface area (Å²) < 4.78 is 5.14. The van der Waals surface area contributed by atoms with E-state index in [1.54, 1.807) is 10.8 Å². The van der Waals surface area contributed by atoms with E-state index in [0.29, 0.717) is 17.7 Å². The Balaban J connectivity index is 1.71. The number of carboxylic acid groups (broad SMARTS) is 1. The highest BCUT2D eigenvalue weighted by atomic mass is 32.1. The van der Waals surface area contributed by atoms with Gasteiger partial charge in [0.1, 0.15) is 5.82 Å². The first-order valence-electron chi connectivity index (χ1n) is 8.06. The summed E-state index contributed by atoms with van der Waals surface area (Å²) in [5, 5.41) is 24.3. The number of rotatable bonds is 6. The van der Waals surface area contributed by atoms with Crippen LogP contribution in [-0.4, -0.2) is 38.9 Å². The number of ether oxygens (including phenoxy) is 1. The van der Waals surface area contributed by atoms with E-state index in [1.165, 1.54) is 11.3 Å². The Bertz CT molecular complexity index is 1060. The minimum Gasteiger partial charge on any atom is -0.501 e. The number of anilines is 1. The van der Waals surface area contributed by atoms with Crippen molar-refractivity contribution in [3.8, 4) is 17.1 Å². The van der Waals surface area contributed by atoms with Gasteiger partial charge in [-0.3, -0.25) is 10.1 Å². The molecule has 0 saturated carbocycles. The highest BCUT2D eigenvalue weighted by Crippen LogP contribution is 2.29. The van der Waals surface area contributed by atoms with Gasteiger partial charge in [0, 0.05) is 17.2 Å². The van der Waals surface area contributed by atoms with Gasteiger partial charge >= 0.3 is 12.1 Å². The van der Waals surface area contributed by atoms with Gasteiger partial charge in [0.25, 0.3) is 5.56 Å². The molecule has 10 heteroatoms. The number of aromatic hydroxyl groups is 1. The summed E-state index contributed by atoms with van der Waals surface area (Å²) in [7, 11) is 0. The fourth-order valence-corrected chi connectivity index (χ4v) is 3.14. The predicted octanol–water partition coefficient (Wildman–Crippen LogP) is 2.69. The van der Waals surface area contributed by atoms with Crippen molar-refractivity contribution in [2.24, 2.45) is 0 Å². The van der Waals surface area contributed by atoms with E-state index in [4.69, 9.17) is 9.84 Å². The van der Waals surface area contributed by atoms with Gasteiger partial charge in [-0.1, -0.05) is 30.3 Å². The Hall–Kier alpha value is -3.66. The summed E-state index contributed by atoms with van der Waals surface area (Å²) in [5.74, 6) is -2.63. The average Bonchev–Trinajstić information content (AvgIpc) is 3.12. The molecule has 0 aliphatic heterocycles. The van der Waals surface area contributed by atoms with E-state index in [1.807, 2.05) is 30.3 Å². The maximum absolute atomic E-state index is 12.0. The zero-order valence-corrected chi connectivity index (χ0v) is 15.2. The molecule has 28 heavy (non-hydrogen) atoms. The highest BCUT2D eigenvalue weighted by Gasteiger charge is 2.20. The normalized spacial score (nSPS) is 10.4. The Morgan fingerprint density at radius 2 is 1.96 bits per heavy atom.